The standard InChI is InChI=1S/C18H16N2O5/c1-23-12-7-8-14(24-2)11(10-12)6-9-16(21)19-13-4-3-5-15-17(13)20-18(22)25-15/h3-10H,1-2H3,(H,19,21)(H,20,22)/b9-6+. The van der Waals surface area contributed by atoms with Gasteiger partial charge in [0.05, 0.1) is 19.9 Å². The Balaban J connectivity index is 1.82. The molecule has 0 unspecified atom stereocenters. The summed E-state index contributed by atoms with van der Waals surface area (Å²) in [5, 5.41) is 2.71. The normalized spacial score (nSPS) is 11.0. The summed E-state index contributed by atoms with van der Waals surface area (Å²) in [5.41, 5.74) is 1.97. The third-order valence-electron chi connectivity index (χ3n) is 3.56. The van der Waals surface area contributed by atoms with Gasteiger partial charge in [-0.2, -0.15) is 0 Å². The number of H-pyrrole nitrogens is 1. The topological polar surface area (TPSA) is 93.6 Å². The van der Waals surface area contributed by atoms with Crippen molar-refractivity contribution in [3.8, 4) is 11.5 Å². The molecule has 3 aromatic rings. The number of aromatic amines is 1. The van der Waals surface area contributed by atoms with Gasteiger partial charge in [0.25, 0.3) is 0 Å². The van der Waals surface area contributed by atoms with Gasteiger partial charge in [0.15, 0.2) is 5.58 Å². The van der Waals surface area contributed by atoms with Gasteiger partial charge in [-0.25, -0.2) is 4.79 Å². The van der Waals surface area contributed by atoms with Gasteiger partial charge in [-0.05, 0) is 36.4 Å². The smallest absolute Gasteiger partial charge is 0.417 e. The van der Waals surface area contributed by atoms with E-state index in [9.17, 15) is 9.59 Å². The molecular weight excluding hydrogens is 324 g/mol. The molecule has 0 saturated carbocycles. The SMILES string of the molecule is COc1ccc(OC)c(/C=C/C(=O)Nc2cccc3oc(=O)[nH]c23)c1. The van der Waals surface area contributed by atoms with Gasteiger partial charge in [-0.15, -0.1) is 0 Å². The number of oxazole rings is 1. The number of para-hydroxylation sites is 1. The first kappa shape index (κ1) is 16.4. The molecule has 7 heteroatoms. The van der Waals surface area contributed by atoms with Crippen LogP contribution in [0.1, 0.15) is 5.56 Å². The minimum atomic E-state index is -0.576. The summed E-state index contributed by atoms with van der Waals surface area (Å²) in [6.07, 6.45) is 2.99. The summed E-state index contributed by atoms with van der Waals surface area (Å²) >= 11 is 0. The van der Waals surface area contributed by atoms with Gasteiger partial charge in [-0.1, -0.05) is 6.07 Å². The number of methoxy groups -OCH3 is 2. The molecule has 2 N–H and O–H groups in total. The zero-order chi connectivity index (χ0) is 17.8. The van der Waals surface area contributed by atoms with Crippen molar-refractivity contribution in [2.45, 2.75) is 0 Å². The quantitative estimate of drug-likeness (QED) is 0.697. The fourth-order valence-electron chi connectivity index (χ4n) is 2.39. The van der Waals surface area contributed by atoms with Crippen molar-refractivity contribution in [1.29, 1.82) is 0 Å². The van der Waals surface area contributed by atoms with Crippen LogP contribution in [-0.2, 0) is 4.79 Å². The molecule has 0 atom stereocenters. The summed E-state index contributed by atoms with van der Waals surface area (Å²) in [4.78, 5) is 26.0. The van der Waals surface area contributed by atoms with E-state index in [1.54, 1.807) is 56.7 Å². The zero-order valence-corrected chi connectivity index (χ0v) is 13.7. The van der Waals surface area contributed by atoms with E-state index in [0.29, 0.717) is 33.8 Å². The number of hydrogen-bond acceptors (Lipinski definition) is 5. The van der Waals surface area contributed by atoms with Crippen molar-refractivity contribution in [2.75, 3.05) is 19.5 Å². The highest BCUT2D eigenvalue weighted by Crippen LogP contribution is 2.25. The van der Waals surface area contributed by atoms with Crippen molar-refractivity contribution in [2.24, 2.45) is 0 Å². The summed E-state index contributed by atoms with van der Waals surface area (Å²) in [5.74, 6) is 0.334. The molecule has 0 fully saturated rings. The largest absolute Gasteiger partial charge is 0.497 e. The third kappa shape index (κ3) is 3.55. The molecule has 0 aliphatic rings. The Hall–Kier alpha value is -3.48. The van der Waals surface area contributed by atoms with E-state index in [4.69, 9.17) is 13.9 Å². The second-order valence-electron chi connectivity index (χ2n) is 5.12. The number of carbonyl (C=O) groups is 1. The predicted molar refractivity (Wildman–Crippen MR) is 94.0 cm³/mol. The summed E-state index contributed by atoms with van der Waals surface area (Å²) in [6.45, 7) is 0. The fourth-order valence-corrected chi connectivity index (χ4v) is 2.39. The van der Waals surface area contributed by atoms with Crippen LogP contribution >= 0.6 is 0 Å². The molecule has 0 radical (unpaired) electrons. The monoisotopic (exact) mass is 340 g/mol. The molecule has 0 aliphatic heterocycles. The van der Waals surface area contributed by atoms with Crippen LogP contribution in [-0.4, -0.2) is 25.1 Å². The summed E-state index contributed by atoms with van der Waals surface area (Å²) < 4.78 is 15.4. The molecule has 3 rings (SSSR count). The van der Waals surface area contributed by atoms with Crippen LogP contribution in [0.2, 0.25) is 0 Å². The lowest BCUT2D eigenvalue weighted by molar-refractivity contribution is -0.111. The fraction of sp³-hybridized carbons (Fsp3) is 0.111. The number of ether oxygens (including phenoxy) is 2. The van der Waals surface area contributed by atoms with E-state index in [0.717, 1.165) is 0 Å². The van der Waals surface area contributed by atoms with E-state index < -0.39 is 5.76 Å². The highest BCUT2D eigenvalue weighted by molar-refractivity contribution is 6.06. The predicted octanol–water partition coefficient (Wildman–Crippen LogP) is 2.79. The molecule has 7 nitrogen and oxygen atoms in total. The Morgan fingerprint density at radius 2 is 2.04 bits per heavy atom. The number of aromatic nitrogens is 1. The highest BCUT2D eigenvalue weighted by atomic mass is 16.5. The minimum Gasteiger partial charge on any atom is -0.497 e. The molecule has 25 heavy (non-hydrogen) atoms. The Morgan fingerprint density at radius 3 is 2.80 bits per heavy atom. The van der Waals surface area contributed by atoms with Gasteiger partial charge in [0.1, 0.15) is 17.0 Å². The Bertz CT molecular complexity index is 1000. The summed E-state index contributed by atoms with van der Waals surface area (Å²) in [7, 11) is 3.11. The van der Waals surface area contributed by atoms with Gasteiger partial charge in [0, 0.05) is 11.6 Å². The van der Waals surface area contributed by atoms with Crippen LogP contribution in [0.4, 0.5) is 5.69 Å². The van der Waals surface area contributed by atoms with Crippen molar-refractivity contribution in [3.63, 3.8) is 0 Å². The number of benzene rings is 2. The number of hydrogen-bond donors (Lipinski definition) is 2. The summed E-state index contributed by atoms with van der Waals surface area (Å²) in [6, 6.07) is 10.3. The molecule has 0 spiro atoms. The van der Waals surface area contributed by atoms with Gasteiger partial charge in [0.2, 0.25) is 5.91 Å². The third-order valence-corrected chi connectivity index (χ3v) is 3.56. The molecule has 1 heterocycles. The maximum atomic E-state index is 12.2. The number of amides is 1. The Morgan fingerprint density at radius 1 is 1.20 bits per heavy atom. The number of anilines is 1. The first-order valence-corrected chi connectivity index (χ1v) is 7.43. The van der Waals surface area contributed by atoms with Gasteiger partial charge in [-0.3, -0.25) is 9.78 Å². The van der Waals surface area contributed by atoms with E-state index >= 15 is 0 Å². The highest BCUT2D eigenvalue weighted by Gasteiger charge is 2.08. The molecule has 2 aromatic carbocycles. The van der Waals surface area contributed by atoms with Crippen molar-refractivity contribution >= 4 is 28.8 Å². The maximum Gasteiger partial charge on any atom is 0.417 e. The number of fused-ring (bicyclic) bond motifs is 1. The van der Waals surface area contributed by atoms with Crippen LogP contribution in [0.5, 0.6) is 11.5 Å². The van der Waals surface area contributed by atoms with E-state index in [1.807, 2.05) is 0 Å². The lowest BCUT2D eigenvalue weighted by Gasteiger charge is -2.07. The number of nitrogens with one attached hydrogen (secondary N) is 2. The first-order valence-electron chi connectivity index (χ1n) is 7.43. The lowest BCUT2D eigenvalue weighted by Crippen LogP contribution is -2.08. The zero-order valence-electron chi connectivity index (χ0n) is 13.7. The number of carbonyl (C=O) groups excluding carboxylic acids is 1. The van der Waals surface area contributed by atoms with Crippen LogP contribution in [0.3, 0.4) is 0 Å². The van der Waals surface area contributed by atoms with Crippen LogP contribution in [0, 0.1) is 0 Å². The van der Waals surface area contributed by atoms with Gasteiger partial charge < -0.3 is 19.2 Å². The molecule has 0 aliphatic carbocycles. The van der Waals surface area contributed by atoms with Crippen LogP contribution in [0.15, 0.2) is 51.7 Å². The molecule has 0 saturated heterocycles. The van der Waals surface area contributed by atoms with E-state index in [1.165, 1.54) is 6.08 Å². The van der Waals surface area contributed by atoms with Crippen LogP contribution in [0.25, 0.3) is 17.2 Å². The molecule has 0 bridgehead atoms. The van der Waals surface area contributed by atoms with Crippen molar-refractivity contribution in [1.82, 2.24) is 4.98 Å². The first-order chi connectivity index (χ1) is 12.1. The Labute approximate surface area is 142 Å². The average Bonchev–Trinajstić information content (AvgIpc) is 3.01. The molecule has 1 aromatic heterocycles. The lowest BCUT2D eigenvalue weighted by atomic mass is 10.1. The minimum absolute atomic E-state index is 0.362. The second-order valence-corrected chi connectivity index (χ2v) is 5.12. The second kappa shape index (κ2) is 6.96. The van der Waals surface area contributed by atoms with Crippen molar-refractivity contribution < 1.29 is 18.7 Å². The molecule has 128 valence electrons. The Kier molecular flexibility index (Phi) is 4.56. The average molecular weight is 340 g/mol. The maximum absolute atomic E-state index is 12.2. The van der Waals surface area contributed by atoms with E-state index in [-0.39, 0.29) is 5.91 Å². The molecular formula is C18H16N2O5. The van der Waals surface area contributed by atoms with E-state index in [2.05, 4.69) is 10.3 Å². The molecule has 1 amide bonds. The van der Waals surface area contributed by atoms with Gasteiger partial charge >= 0.3 is 5.76 Å². The van der Waals surface area contributed by atoms with Crippen molar-refractivity contribution in [3.05, 3.63) is 58.6 Å². The number of rotatable bonds is 5. The van der Waals surface area contributed by atoms with Crippen LogP contribution < -0.4 is 20.5 Å².